The lowest BCUT2D eigenvalue weighted by molar-refractivity contribution is -0.131. The summed E-state index contributed by atoms with van der Waals surface area (Å²) >= 11 is 0. The number of aromatic nitrogens is 1. The fourth-order valence-electron chi connectivity index (χ4n) is 3.49. The minimum Gasteiger partial charge on any atom is -0.478 e. The number of aliphatic carboxylic acids is 1. The summed E-state index contributed by atoms with van der Waals surface area (Å²) in [5.41, 5.74) is 1.18. The van der Waals surface area contributed by atoms with E-state index in [1.165, 1.54) is 6.08 Å². The Kier molecular flexibility index (Phi) is 6.21. The van der Waals surface area contributed by atoms with Crippen LogP contribution in [0.3, 0.4) is 0 Å². The van der Waals surface area contributed by atoms with Crippen LogP contribution in [0, 0.1) is 0 Å². The predicted molar refractivity (Wildman–Crippen MR) is 128 cm³/mol. The highest BCUT2D eigenvalue weighted by molar-refractivity contribution is 7.87. The number of hydrogen-bond acceptors (Lipinski definition) is 3. The van der Waals surface area contributed by atoms with Crippen LogP contribution in [0.5, 0.6) is 0 Å². The highest BCUT2D eigenvalue weighted by atomic mass is 31.2. The molecule has 0 unspecified atom stereocenters. The van der Waals surface area contributed by atoms with Crippen molar-refractivity contribution in [2.75, 3.05) is 0 Å². The van der Waals surface area contributed by atoms with E-state index in [2.05, 4.69) is 41.4 Å². The fraction of sp³-hybridized carbons (Fsp3) is 0. The van der Waals surface area contributed by atoms with Gasteiger partial charge in [-0.3, -0.25) is 9.73 Å². The number of nitrogens with zero attached hydrogens (tertiary/aromatic N) is 2. The average Bonchev–Trinajstić information content (AvgIpc) is 2.83. The fourth-order valence-corrected chi connectivity index (χ4v) is 7.03. The van der Waals surface area contributed by atoms with Crippen molar-refractivity contribution >= 4 is 40.7 Å². The van der Waals surface area contributed by atoms with Gasteiger partial charge in [0.1, 0.15) is 0 Å². The van der Waals surface area contributed by atoms with Crippen LogP contribution in [0.25, 0.3) is 6.08 Å². The van der Waals surface area contributed by atoms with Gasteiger partial charge in [-0.2, -0.15) is 0 Å². The Hall–Kier alpha value is -3.75. The monoisotopic (exact) mass is 424 g/mol. The van der Waals surface area contributed by atoms with Gasteiger partial charge in [0.15, 0.2) is 0 Å². The van der Waals surface area contributed by atoms with Crippen molar-refractivity contribution in [2.45, 2.75) is 0 Å². The van der Waals surface area contributed by atoms with Gasteiger partial charge < -0.3 is 5.11 Å². The number of rotatable bonds is 6. The first-order chi connectivity index (χ1) is 15.2. The summed E-state index contributed by atoms with van der Waals surface area (Å²) in [6.07, 6.45) is 4.24. The summed E-state index contributed by atoms with van der Waals surface area (Å²) in [6.45, 7) is 0. The predicted octanol–water partition coefficient (Wildman–Crippen LogP) is 4.99. The molecule has 0 fully saturated rings. The SMILES string of the molecule is O=C(O)C=Cc1ncccc1N=P(c1ccccc1)(c1ccccc1)c1ccccc1. The van der Waals surface area contributed by atoms with E-state index in [1.807, 2.05) is 66.7 Å². The maximum atomic E-state index is 11.1. The quantitative estimate of drug-likeness (QED) is 0.350. The van der Waals surface area contributed by atoms with Gasteiger partial charge in [-0.25, -0.2) is 4.79 Å². The van der Waals surface area contributed by atoms with Gasteiger partial charge in [-0.15, -0.1) is 0 Å². The van der Waals surface area contributed by atoms with Crippen LogP contribution >= 0.6 is 7.05 Å². The summed E-state index contributed by atoms with van der Waals surface area (Å²) in [4.78, 5) is 15.5. The van der Waals surface area contributed by atoms with E-state index in [1.54, 1.807) is 6.20 Å². The molecule has 152 valence electrons. The summed E-state index contributed by atoms with van der Waals surface area (Å²) in [6, 6.07) is 34.5. The molecule has 1 heterocycles. The molecule has 4 aromatic rings. The number of hydrogen-bond donors (Lipinski definition) is 1. The average molecular weight is 424 g/mol. The molecule has 0 aliphatic carbocycles. The third-order valence-corrected chi connectivity index (χ3v) is 8.50. The van der Waals surface area contributed by atoms with Crippen molar-refractivity contribution < 1.29 is 9.90 Å². The zero-order valence-electron chi connectivity index (χ0n) is 16.7. The van der Waals surface area contributed by atoms with E-state index in [-0.39, 0.29) is 0 Å². The topological polar surface area (TPSA) is 62.5 Å². The molecule has 31 heavy (non-hydrogen) atoms. The first-order valence-electron chi connectivity index (χ1n) is 9.85. The van der Waals surface area contributed by atoms with Crippen LogP contribution < -0.4 is 15.9 Å². The van der Waals surface area contributed by atoms with E-state index >= 15 is 0 Å². The maximum Gasteiger partial charge on any atom is 0.328 e. The molecule has 0 saturated carbocycles. The van der Waals surface area contributed by atoms with E-state index in [0.29, 0.717) is 11.4 Å². The van der Waals surface area contributed by atoms with Crippen LogP contribution in [0.1, 0.15) is 5.69 Å². The molecule has 0 aliphatic heterocycles. The van der Waals surface area contributed by atoms with E-state index < -0.39 is 13.0 Å². The summed E-state index contributed by atoms with van der Waals surface area (Å²) in [5, 5.41) is 12.4. The summed E-state index contributed by atoms with van der Waals surface area (Å²) in [7, 11) is -2.45. The maximum absolute atomic E-state index is 11.1. The number of carboxylic acids is 1. The molecule has 0 spiro atoms. The number of carboxylic acid groups (broad SMARTS) is 1. The van der Waals surface area contributed by atoms with E-state index in [0.717, 1.165) is 22.0 Å². The van der Waals surface area contributed by atoms with Gasteiger partial charge in [0.25, 0.3) is 0 Å². The number of benzene rings is 3. The molecular weight excluding hydrogens is 403 g/mol. The first kappa shape index (κ1) is 20.5. The lowest BCUT2D eigenvalue weighted by atomic mass is 10.3. The standard InChI is InChI=1S/C26H21N2O2P/c29-26(30)19-18-24-25(17-10-20-27-24)28-31(21-11-4-1-5-12-21,22-13-6-2-7-14-22)23-15-8-3-9-16-23/h1-20H,(H,29,30). The van der Waals surface area contributed by atoms with Crippen LogP contribution in [-0.4, -0.2) is 16.1 Å². The van der Waals surface area contributed by atoms with Gasteiger partial charge in [-0.1, -0.05) is 91.0 Å². The van der Waals surface area contributed by atoms with Crippen LogP contribution in [-0.2, 0) is 4.79 Å². The molecule has 0 radical (unpaired) electrons. The second-order valence-corrected chi connectivity index (χ2v) is 9.84. The van der Waals surface area contributed by atoms with Crippen molar-refractivity contribution in [3.63, 3.8) is 0 Å². The molecule has 1 aromatic heterocycles. The van der Waals surface area contributed by atoms with Gasteiger partial charge in [0.05, 0.1) is 18.4 Å². The van der Waals surface area contributed by atoms with Crippen molar-refractivity contribution in [1.82, 2.24) is 4.98 Å². The summed E-state index contributed by atoms with van der Waals surface area (Å²) < 4.78 is 5.38. The van der Waals surface area contributed by atoms with Crippen molar-refractivity contribution in [2.24, 2.45) is 4.74 Å². The lowest BCUT2D eigenvalue weighted by Crippen LogP contribution is -2.25. The van der Waals surface area contributed by atoms with Gasteiger partial charge in [0, 0.05) is 28.2 Å². The Labute approximate surface area is 181 Å². The molecule has 0 aliphatic rings. The Morgan fingerprint density at radius 1 is 0.742 bits per heavy atom. The van der Waals surface area contributed by atoms with Crippen LogP contribution in [0.4, 0.5) is 5.69 Å². The zero-order valence-corrected chi connectivity index (χ0v) is 17.6. The lowest BCUT2D eigenvalue weighted by Gasteiger charge is -2.27. The largest absolute Gasteiger partial charge is 0.478 e. The molecule has 0 amide bonds. The molecular formula is C26H21N2O2P. The Bertz CT molecular complexity index is 1150. The van der Waals surface area contributed by atoms with Crippen molar-refractivity contribution in [1.29, 1.82) is 0 Å². The second kappa shape index (κ2) is 9.38. The van der Waals surface area contributed by atoms with Crippen LogP contribution in [0.15, 0.2) is 120 Å². The van der Waals surface area contributed by atoms with E-state index in [4.69, 9.17) is 9.85 Å². The third-order valence-electron chi connectivity index (χ3n) is 4.85. The number of carbonyl (C=O) groups is 1. The molecule has 5 heteroatoms. The Morgan fingerprint density at radius 2 is 1.23 bits per heavy atom. The van der Waals surface area contributed by atoms with Gasteiger partial charge in [-0.05, 0) is 18.2 Å². The molecule has 0 bridgehead atoms. The highest BCUT2D eigenvalue weighted by Gasteiger charge is 2.27. The second-order valence-electron chi connectivity index (χ2n) is 6.82. The van der Waals surface area contributed by atoms with Crippen LogP contribution in [0.2, 0.25) is 0 Å². The number of pyridine rings is 1. The highest BCUT2D eigenvalue weighted by Crippen LogP contribution is 2.49. The minimum atomic E-state index is -2.45. The molecule has 3 aromatic carbocycles. The first-order valence-corrected chi connectivity index (χ1v) is 11.6. The minimum absolute atomic E-state index is 0.525. The molecule has 0 atom stereocenters. The molecule has 4 nitrogen and oxygen atoms in total. The smallest absolute Gasteiger partial charge is 0.328 e. The van der Waals surface area contributed by atoms with Gasteiger partial charge in [0.2, 0.25) is 0 Å². The normalized spacial score (nSPS) is 11.4. The van der Waals surface area contributed by atoms with E-state index in [9.17, 15) is 4.79 Å². The van der Waals surface area contributed by atoms with Gasteiger partial charge >= 0.3 is 5.97 Å². The third kappa shape index (κ3) is 4.40. The molecule has 4 rings (SSSR count). The van der Waals surface area contributed by atoms with Crippen molar-refractivity contribution in [3.05, 3.63) is 121 Å². The molecule has 0 saturated heterocycles. The zero-order chi connectivity index (χ0) is 21.5. The summed E-state index contributed by atoms with van der Waals surface area (Å²) in [5.74, 6) is -1.02. The Balaban J connectivity index is 2.11. The molecule has 1 N–H and O–H groups in total. The van der Waals surface area contributed by atoms with Crippen molar-refractivity contribution in [3.8, 4) is 0 Å². The Morgan fingerprint density at radius 3 is 1.68 bits per heavy atom.